The summed E-state index contributed by atoms with van der Waals surface area (Å²) in [5, 5.41) is 8.25. The molecule has 0 atom stereocenters. The second-order valence-electron chi connectivity index (χ2n) is 5.62. The van der Waals surface area contributed by atoms with Gasteiger partial charge in [0.1, 0.15) is 5.75 Å². The number of morpholine rings is 1. The minimum absolute atomic E-state index is 0.112. The largest absolute Gasteiger partial charge is 0.495 e. The van der Waals surface area contributed by atoms with E-state index in [9.17, 15) is 4.79 Å². The van der Waals surface area contributed by atoms with E-state index in [1.54, 1.807) is 24.7 Å². The molecule has 1 aliphatic rings. The van der Waals surface area contributed by atoms with Crippen molar-refractivity contribution >= 4 is 34.1 Å². The van der Waals surface area contributed by atoms with Gasteiger partial charge in [-0.1, -0.05) is 12.1 Å². The molecule has 1 aromatic carbocycles. The minimum atomic E-state index is -0.225. The summed E-state index contributed by atoms with van der Waals surface area (Å²) in [6, 6.07) is 11.5. The third-order valence-electron chi connectivity index (χ3n) is 3.86. The van der Waals surface area contributed by atoms with Gasteiger partial charge in [-0.05, 0) is 24.3 Å². The molecule has 2 N–H and O–H groups in total. The van der Waals surface area contributed by atoms with Crippen LogP contribution in [0.1, 0.15) is 4.88 Å². The standard InChI is InChI=1S/C18H22N4O3S/c1-24-16-5-3-2-4-15(16)19-13-17(23)21-20-12-14-6-7-18(26-14)22-8-10-25-11-9-22/h2-7,12,19H,8-11,13H2,1H3,(H,21,23)/b20-12-. The second kappa shape index (κ2) is 9.21. The Morgan fingerprint density at radius 1 is 1.31 bits per heavy atom. The van der Waals surface area contributed by atoms with Gasteiger partial charge in [-0.2, -0.15) is 5.10 Å². The van der Waals surface area contributed by atoms with Gasteiger partial charge in [0.15, 0.2) is 0 Å². The zero-order valence-corrected chi connectivity index (χ0v) is 15.4. The van der Waals surface area contributed by atoms with Gasteiger partial charge in [0.2, 0.25) is 0 Å². The molecule has 1 aromatic heterocycles. The lowest BCUT2D eigenvalue weighted by atomic mass is 10.3. The van der Waals surface area contributed by atoms with E-state index in [1.807, 2.05) is 30.3 Å². The smallest absolute Gasteiger partial charge is 0.259 e. The van der Waals surface area contributed by atoms with Gasteiger partial charge in [0.25, 0.3) is 5.91 Å². The first kappa shape index (κ1) is 18.2. The SMILES string of the molecule is COc1ccccc1NCC(=O)N/N=C\c1ccc(N2CCOCC2)s1. The van der Waals surface area contributed by atoms with Crippen LogP contribution in [0.25, 0.3) is 0 Å². The summed E-state index contributed by atoms with van der Waals surface area (Å²) in [5.74, 6) is 0.468. The molecule has 7 nitrogen and oxygen atoms in total. The quantitative estimate of drug-likeness (QED) is 0.574. The number of hydrogen-bond donors (Lipinski definition) is 2. The molecule has 0 saturated carbocycles. The van der Waals surface area contributed by atoms with Gasteiger partial charge in [0, 0.05) is 18.0 Å². The van der Waals surface area contributed by atoms with Crippen molar-refractivity contribution in [3.63, 3.8) is 0 Å². The van der Waals surface area contributed by atoms with Crippen LogP contribution in [0.3, 0.4) is 0 Å². The summed E-state index contributed by atoms with van der Waals surface area (Å²) < 4.78 is 10.6. The summed E-state index contributed by atoms with van der Waals surface area (Å²) >= 11 is 1.64. The lowest BCUT2D eigenvalue weighted by Crippen LogP contribution is -2.35. The van der Waals surface area contributed by atoms with Crippen LogP contribution in [0.15, 0.2) is 41.5 Å². The van der Waals surface area contributed by atoms with Crippen LogP contribution in [0.4, 0.5) is 10.7 Å². The van der Waals surface area contributed by atoms with Gasteiger partial charge in [-0.25, -0.2) is 5.43 Å². The molecule has 0 bridgehead atoms. The number of hydrogen-bond acceptors (Lipinski definition) is 7. The molecule has 0 spiro atoms. The van der Waals surface area contributed by atoms with Crippen molar-refractivity contribution in [1.29, 1.82) is 0 Å². The highest BCUT2D eigenvalue weighted by Gasteiger charge is 2.12. The van der Waals surface area contributed by atoms with Gasteiger partial charge < -0.3 is 19.7 Å². The summed E-state index contributed by atoms with van der Waals surface area (Å²) in [7, 11) is 1.59. The van der Waals surface area contributed by atoms with E-state index in [-0.39, 0.29) is 12.5 Å². The minimum Gasteiger partial charge on any atom is -0.495 e. The topological polar surface area (TPSA) is 75.2 Å². The van der Waals surface area contributed by atoms with Crippen molar-refractivity contribution in [2.75, 3.05) is 50.2 Å². The lowest BCUT2D eigenvalue weighted by molar-refractivity contribution is -0.119. The lowest BCUT2D eigenvalue weighted by Gasteiger charge is -2.27. The molecule has 2 aromatic rings. The van der Waals surface area contributed by atoms with Crippen LogP contribution in [-0.4, -0.2) is 52.1 Å². The molecule has 0 unspecified atom stereocenters. The van der Waals surface area contributed by atoms with Crippen LogP contribution >= 0.6 is 11.3 Å². The Morgan fingerprint density at radius 3 is 2.92 bits per heavy atom. The highest BCUT2D eigenvalue weighted by atomic mass is 32.1. The average molecular weight is 374 g/mol. The van der Waals surface area contributed by atoms with Crippen molar-refractivity contribution in [3.8, 4) is 5.75 Å². The molecule has 1 aliphatic heterocycles. The fourth-order valence-corrected chi connectivity index (χ4v) is 3.47. The monoisotopic (exact) mass is 374 g/mol. The molecule has 26 heavy (non-hydrogen) atoms. The van der Waals surface area contributed by atoms with E-state index in [1.165, 1.54) is 5.00 Å². The van der Waals surface area contributed by atoms with Crippen LogP contribution in [-0.2, 0) is 9.53 Å². The van der Waals surface area contributed by atoms with E-state index in [0.717, 1.165) is 36.9 Å². The number of para-hydroxylation sites is 2. The number of hydrazone groups is 1. The summed E-state index contributed by atoms with van der Waals surface area (Å²) in [6.07, 6.45) is 1.66. The van der Waals surface area contributed by atoms with Crippen molar-refractivity contribution in [3.05, 3.63) is 41.3 Å². The van der Waals surface area contributed by atoms with Crippen LogP contribution in [0.5, 0.6) is 5.75 Å². The fraction of sp³-hybridized carbons (Fsp3) is 0.333. The summed E-state index contributed by atoms with van der Waals surface area (Å²) in [4.78, 5) is 15.2. The van der Waals surface area contributed by atoms with Gasteiger partial charge >= 0.3 is 0 Å². The maximum Gasteiger partial charge on any atom is 0.259 e. The van der Waals surface area contributed by atoms with E-state index >= 15 is 0 Å². The predicted octanol–water partition coefficient (Wildman–Crippen LogP) is 2.16. The number of rotatable bonds is 7. The van der Waals surface area contributed by atoms with E-state index in [0.29, 0.717) is 5.75 Å². The number of thiophene rings is 1. The molecule has 138 valence electrons. The third-order valence-corrected chi connectivity index (χ3v) is 4.94. The molecule has 1 fully saturated rings. The molecule has 8 heteroatoms. The van der Waals surface area contributed by atoms with Gasteiger partial charge in [0.05, 0.1) is 43.8 Å². The van der Waals surface area contributed by atoms with E-state index in [2.05, 4.69) is 26.8 Å². The highest BCUT2D eigenvalue weighted by Crippen LogP contribution is 2.25. The molecule has 0 aliphatic carbocycles. The first-order valence-corrected chi connectivity index (χ1v) is 9.19. The second-order valence-corrected chi connectivity index (χ2v) is 6.72. The Balaban J connectivity index is 1.46. The van der Waals surface area contributed by atoms with Crippen molar-refractivity contribution in [2.24, 2.45) is 5.10 Å². The molecular weight excluding hydrogens is 352 g/mol. The van der Waals surface area contributed by atoms with Crippen molar-refractivity contribution < 1.29 is 14.3 Å². The number of carbonyl (C=O) groups is 1. The fourth-order valence-electron chi connectivity index (χ4n) is 2.54. The Morgan fingerprint density at radius 2 is 2.12 bits per heavy atom. The first-order chi connectivity index (χ1) is 12.8. The molecule has 2 heterocycles. The van der Waals surface area contributed by atoms with Crippen LogP contribution in [0.2, 0.25) is 0 Å². The maximum atomic E-state index is 11.9. The number of nitrogens with one attached hydrogen (secondary N) is 2. The Hall–Kier alpha value is -2.58. The predicted molar refractivity (Wildman–Crippen MR) is 105 cm³/mol. The molecule has 0 radical (unpaired) electrons. The maximum absolute atomic E-state index is 11.9. The highest BCUT2D eigenvalue weighted by molar-refractivity contribution is 7.17. The van der Waals surface area contributed by atoms with Crippen LogP contribution < -0.4 is 20.4 Å². The third kappa shape index (κ3) is 4.96. The zero-order chi connectivity index (χ0) is 18.2. The van der Waals surface area contributed by atoms with Crippen LogP contribution in [0, 0.1) is 0 Å². The van der Waals surface area contributed by atoms with E-state index < -0.39 is 0 Å². The Kier molecular flexibility index (Phi) is 6.45. The Labute approximate surface area is 156 Å². The van der Waals surface area contributed by atoms with Crippen molar-refractivity contribution in [1.82, 2.24) is 5.43 Å². The number of amides is 1. The number of carbonyl (C=O) groups excluding carboxylic acids is 1. The number of nitrogens with zero attached hydrogens (tertiary/aromatic N) is 2. The summed E-state index contributed by atoms with van der Waals surface area (Å²) in [6.45, 7) is 3.44. The zero-order valence-electron chi connectivity index (χ0n) is 14.6. The molecular formula is C18H22N4O3S. The van der Waals surface area contributed by atoms with Gasteiger partial charge in [-0.3, -0.25) is 4.79 Å². The number of ether oxygens (including phenoxy) is 2. The first-order valence-electron chi connectivity index (χ1n) is 8.37. The number of benzene rings is 1. The number of methoxy groups -OCH3 is 1. The normalized spacial score (nSPS) is 14.4. The summed E-state index contributed by atoms with van der Waals surface area (Å²) in [5.41, 5.74) is 3.29. The van der Waals surface area contributed by atoms with E-state index in [4.69, 9.17) is 9.47 Å². The molecule has 1 amide bonds. The van der Waals surface area contributed by atoms with Crippen molar-refractivity contribution in [2.45, 2.75) is 0 Å². The van der Waals surface area contributed by atoms with Gasteiger partial charge in [-0.15, -0.1) is 11.3 Å². The Bertz CT molecular complexity index is 756. The molecule has 1 saturated heterocycles. The average Bonchev–Trinajstić information content (AvgIpc) is 3.16. The number of anilines is 2. The molecule has 3 rings (SSSR count).